The van der Waals surface area contributed by atoms with Gasteiger partial charge in [-0.25, -0.2) is 0 Å². The molecule has 1 heterocycles. The Bertz CT molecular complexity index is 741. The highest BCUT2D eigenvalue weighted by Gasteiger charge is 2.26. The van der Waals surface area contributed by atoms with Crippen LogP contribution in [0.2, 0.25) is 0 Å². The molecule has 2 aromatic carbocycles. The van der Waals surface area contributed by atoms with E-state index in [-0.39, 0.29) is 11.8 Å². The second-order valence-corrected chi connectivity index (χ2v) is 6.14. The molecule has 0 fully saturated rings. The molecule has 0 spiro atoms. The van der Waals surface area contributed by atoms with Gasteiger partial charge in [0.2, 0.25) is 5.91 Å². The number of methoxy groups -OCH3 is 2. The van der Waals surface area contributed by atoms with Crippen LogP contribution < -0.4 is 14.4 Å². The highest BCUT2D eigenvalue weighted by Crippen LogP contribution is 2.34. The Hall–Kier alpha value is -2.49. The van der Waals surface area contributed by atoms with Crippen molar-refractivity contribution in [2.75, 3.05) is 25.7 Å². The Morgan fingerprint density at radius 2 is 1.96 bits per heavy atom. The number of amides is 1. The molecule has 4 nitrogen and oxygen atoms in total. The third-order valence-corrected chi connectivity index (χ3v) is 4.63. The molecule has 0 bridgehead atoms. The fourth-order valence-electron chi connectivity index (χ4n) is 3.32. The Kier molecular flexibility index (Phi) is 4.74. The third kappa shape index (κ3) is 3.09. The quantitative estimate of drug-likeness (QED) is 0.839. The van der Waals surface area contributed by atoms with Crippen LogP contribution in [0.15, 0.2) is 42.5 Å². The fourth-order valence-corrected chi connectivity index (χ4v) is 3.32. The number of carbonyl (C=O) groups is 1. The van der Waals surface area contributed by atoms with Gasteiger partial charge in [-0.2, -0.15) is 0 Å². The summed E-state index contributed by atoms with van der Waals surface area (Å²) >= 11 is 0. The monoisotopic (exact) mass is 325 g/mol. The molecule has 1 aliphatic heterocycles. The maximum Gasteiger partial charge on any atom is 0.227 e. The summed E-state index contributed by atoms with van der Waals surface area (Å²) in [6, 6.07) is 13.8. The summed E-state index contributed by atoms with van der Waals surface area (Å²) in [5, 5.41) is 0. The zero-order valence-corrected chi connectivity index (χ0v) is 14.4. The minimum Gasteiger partial charge on any atom is -0.497 e. The van der Waals surface area contributed by atoms with Crippen molar-refractivity contribution in [1.29, 1.82) is 0 Å². The summed E-state index contributed by atoms with van der Waals surface area (Å²) < 4.78 is 10.7. The molecule has 126 valence electrons. The molecule has 24 heavy (non-hydrogen) atoms. The highest BCUT2D eigenvalue weighted by atomic mass is 16.5. The average molecular weight is 325 g/mol. The van der Waals surface area contributed by atoms with E-state index in [1.54, 1.807) is 14.2 Å². The van der Waals surface area contributed by atoms with Gasteiger partial charge in [-0.1, -0.05) is 25.1 Å². The summed E-state index contributed by atoms with van der Waals surface area (Å²) in [7, 11) is 3.33. The lowest BCUT2D eigenvalue weighted by molar-refractivity contribution is -0.118. The van der Waals surface area contributed by atoms with Crippen molar-refractivity contribution in [3.8, 4) is 11.5 Å². The van der Waals surface area contributed by atoms with E-state index >= 15 is 0 Å². The molecule has 2 aromatic rings. The van der Waals surface area contributed by atoms with Crippen molar-refractivity contribution < 1.29 is 14.3 Å². The van der Waals surface area contributed by atoms with Crippen molar-refractivity contribution in [1.82, 2.24) is 0 Å². The van der Waals surface area contributed by atoms with Gasteiger partial charge in [-0.05, 0) is 47.7 Å². The molecule has 3 rings (SSSR count). The smallest absolute Gasteiger partial charge is 0.227 e. The van der Waals surface area contributed by atoms with E-state index in [9.17, 15) is 4.79 Å². The molecule has 1 unspecified atom stereocenters. The first kappa shape index (κ1) is 16.4. The SMILES string of the molecule is COc1ccc2c(c1)CCN2C(=O)CC(C)c1ccccc1OC. The molecule has 0 aromatic heterocycles. The maximum atomic E-state index is 12.8. The van der Waals surface area contributed by atoms with Gasteiger partial charge in [0.25, 0.3) is 0 Å². The second kappa shape index (κ2) is 6.95. The van der Waals surface area contributed by atoms with Crippen LogP contribution in [-0.2, 0) is 11.2 Å². The Balaban J connectivity index is 1.75. The molecule has 1 atom stereocenters. The number of carbonyl (C=O) groups excluding carboxylic acids is 1. The molecule has 0 radical (unpaired) electrons. The summed E-state index contributed by atoms with van der Waals surface area (Å²) in [5.74, 6) is 1.93. The van der Waals surface area contributed by atoms with Crippen LogP contribution in [-0.4, -0.2) is 26.7 Å². The topological polar surface area (TPSA) is 38.8 Å². The number of benzene rings is 2. The first-order valence-corrected chi connectivity index (χ1v) is 8.24. The number of hydrogen-bond donors (Lipinski definition) is 0. The number of para-hydroxylation sites is 1. The van der Waals surface area contributed by atoms with Crippen LogP contribution >= 0.6 is 0 Å². The summed E-state index contributed by atoms with van der Waals surface area (Å²) in [5.41, 5.74) is 3.25. The van der Waals surface area contributed by atoms with Crippen LogP contribution in [0.3, 0.4) is 0 Å². The second-order valence-electron chi connectivity index (χ2n) is 6.14. The first-order valence-electron chi connectivity index (χ1n) is 8.24. The van der Waals surface area contributed by atoms with E-state index < -0.39 is 0 Å². The number of nitrogens with zero attached hydrogens (tertiary/aromatic N) is 1. The standard InChI is InChI=1S/C20H23NO3/c1-14(17-6-4-5-7-19(17)24-3)12-20(22)21-11-10-15-13-16(23-2)8-9-18(15)21/h4-9,13-14H,10-12H2,1-3H3. The zero-order chi connectivity index (χ0) is 17.1. The van der Waals surface area contributed by atoms with Gasteiger partial charge >= 0.3 is 0 Å². The molecule has 0 N–H and O–H groups in total. The van der Waals surface area contributed by atoms with Gasteiger partial charge in [0.1, 0.15) is 11.5 Å². The molecule has 0 saturated carbocycles. The Morgan fingerprint density at radius 3 is 2.71 bits per heavy atom. The zero-order valence-electron chi connectivity index (χ0n) is 14.4. The van der Waals surface area contributed by atoms with E-state index in [0.29, 0.717) is 6.42 Å². The van der Waals surface area contributed by atoms with Crippen LogP contribution in [0.4, 0.5) is 5.69 Å². The van der Waals surface area contributed by atoms with E-state index in [1.165, 1.54) is 5.56 Å². The number of hydrogen-bond acceptors (Lipinski definition) is 3. The first-order chi connectivity index (χ1) is 11.6. The lowest BCUT2D eigenvalue weighted by Gasteiger charge is -2.21. The molecule has 4 heteroatoms. The van der Waals surface area contributed by atoms with Gasteiger partial charge in [0, 0.05) is 18.7 Å². The third-order valence-electron chi connectivity index (χ3n) is 4.63. The van der Waals surface area contributed by atoms with Crippen molar-refractivity contribution in [2.24, 2.45) is 0 Å². The van der Waals surface area contributed by atoms with E-state index in [2.05, 4.69) is 6.92 Å². The Labute approximate surface area is 143 Å². The molecule has 1 amide bonds. The summed E-state index contributed by atoms with van der Waals surface area (Å²) in [6.45, 7) is 2.81. The van der Waals surface area contributed by atoms with E-state index in [0.717, 1.165) is 35.7 Å². The van der Waals surface area contributed by atoms with Crippen LogP contribution in [0.5, 0.6) is 11.5 Å². The fraction of sp³-hybridized carbons (Fsp3) is 0.350. The largest absolute Gasteiger partial charge is 0.497 e. The number of anilines is 1. The van der Waals surface area contributed by atoms with Gasteiger partial charge in [0.15, 0.2) is 0 Å². The predicted molar refractivity (Wildman–Crippen MR) is 95.1 cm³/mol. The van der Waals surface area contributed by atoms with Gasteiger partial charge in [0.05, 0.1) is 14.2 Å². The van der Waals surface area contributed by atoms with E-state index in [4.69, 9.17) is 9.47 Å². The van der Waals surface area contributed by atoms with Gasteiger partial charge in [-0.3, -0.25) is 4.79 Å². The van der Waals surface area contributed by atoms with Gasteiger partial charge in [-0.15, -0.1) is 0 Å². The lowest BCUT2D eigenvalue weighted by Crippen LogP contribution is -2.29. The van der Waals surface area contributed by atoms with Crippen LogP contribution in [0.25, 0.3) is 0 Å². The molecular formula is C20H23NO3. The normalized spacial score (nSPS) is 14.2. The predicted octanol–water partition coefficient (Wildman–Crippen LogP) is 3.79. The van der Waals surface area contributed by atoms with Crippen molar-refractivity contribution in [3.05, 3.63) is 53.6 Å². The van der Waals surface area contributed by atoms with Crippen LogP contribution in [0, 0.1) is 0 Å². The minimum atomic E-state index is 0.107. The molecular weight excluding hydrogens is 302 g/mol. The van der Waals surface area contributed by atoms with Crippen LogP contribution in [0.1, 0.15) is 30.4 Å². The van der Waals surface area contributed by atoms with Crippen molar-refractivity contribution in [2.45, 2.75) is 25.7 Å². The maximum absolute atomic E-state index is 12.8. The highest BCUT2D eigenvalue weighted by molar-refractivity contribution is 5.96. The van der Waals surface area contributed by atoms with Crippen molar-refractivity contribution >= 4 is 11.6 Å². The number of ether oxygens (including phenoxy) is 2. The van der Waals surface area contributed by atoms with Gasteiger partial charge < -0.3 is 14.4 Å². The molecule has 1 aliphatic rings. The summed E-state index contributed by atoms with van der Waals surface area (Å²) in [6.07, 6.45) is 1.34. The number of rotatable bonds is 5. The number of fused-ring (bicyclic) bond motifs is 1. The van der Waals surface area contributed by atoms with E-state index in [1.807, 2.05) is 47.4 Å². The minimum absolute atomic E-state index is 0.107. The lowest BCUT2D eigenvalue weighted by atomic mass is 9.96. The van der Waals surface area contributed by atoms with Crippen molar-refractivity contribution in [3.63, 3.8) is 0 Å². The average Bonchev–Trinajstić information content (AvgIpc) is 3.04. The Morgan fingerprint density at radius 1 is 1.17 bits per heavy atom. The molecule has 0 saturated heterocycles. The molecule has 0 aliphatic carbocycles. The summed E-state index contributed by atoms with van der Waals surface area (Å²) in [4.78, 5) is 14.7.